The van der Waals surface area contributed by atoms with Crippen molar-refractivity contribution in [2.75, 3.05) is 5.73 Å². The van der Waals surface area contributed by atoms with Crippen molar-refractivity contribution >= 4 is 26.6 Å². The Morgan fingerprint density at radius 1 is 1.19 bits per heavy atom. The molecule has 0 saturated heterocycles. The zero-order chi connectivity index (χ0) is 15.0. The first-order chi connectivity index (χ1) is 9.94. The Balaban J connectivity index is 1.97. The van der Waals surface area contributed by atoms with Crippen LogP contribution in [0, 0.1) is 5.82 Å². The van der Waals surface area contributed by atoms with E-state index in [0.29, 0.717) is 22.5 Å². The summed E-state index contributed by atoms with van der Waals surface area (Å²) in [5, 5.41) is 0. The second kappa shape index (κ2) is 4.85. The van der Waals surface area contributed by atoms with Crippen molar-refractivity contribution in [1.82, 2.24) is 9.97 Å². The number of benzene rings is 2. The van der Waals surface area contributed by atoms with Gasteiger partial charge in [0.15, 0.2) is 9.84 Å². The predicted molar refractivity (Wildman–Crippen MR) is 77.8 cm³/mol. The third kappa shape index (κ3) is 2.73. The maximum atomic E-state index is 13.1. The molecule has 3 N–H and O–H groups in total. The highest BCUT2D eigenvalue weighted by Crippen LogP contribution is 2.19. The molecule has 7 heteroatoms. The lowest BCUT2D eigenvalue weighted by molar-refractivity contribution is 0.589. The van der Waals surface area contributed by atoms with Gasteiger partial charge in [-0.25, -0.2) is 17.8 Å². The van der Waals surface area contributed by atoms with E-state index in [1.807, 2.05) is 0 Å². The lowest BCUT2D eigenvalue weighted by atomic mass is 10.3. The van der Waals surface area contributed by atoms with E-state index >= 15 is 0 Å². The van der Waals surface area contributed by atoms with Crippen molar-refractivity contribution in [3.63, 3.8) is 0 Å². The van der Waals surface area contributed by atoms with Gasteiger partial charge in [-0.15, -0.1) is 0 Å². The molecule has 0 aliphatic rings. The van der Waals surface area contributed by atoms with Crippen LogP contribution in [0.5, 0.6) is 0 Å². The first kappa shape index (κ1) is 13.6. The fourth-order valence-electron chi connectivity index (χ4n) is 2.07. The van der Waals surface area contributed by atoms with Crippen molar-refractivity contribution in [1.29, 1.82) is 0 Å². The highest BCUT2D eigenvalue weighted by atomic mass is 32.2. The number of nitrogens with zero attached hydrogens (tertiary/aromatic N) is 1. The third-order valence-electron chi connectivity index (χ3n) is 3.04. The summed E-state index contributed by atoms with van der Waals surface area (Å²) >= 11 is 0. The normalized spacial score (nSPS) is 11.9. The monoisotopic (exact) mass is 305 g/mol. The molecule has 2 aromatic carbocycles. The minimum Gasteiger partial charge on any atom is -0.399 e. The summed E-state index contributed by atoms with van der Waals surface area (Å²) < 4.78 is 37.6. The Morgan fingerprint density at radius 3 is 2.76 bits per heavy atom. The molecule has 3 aromatic rings. The highest BCUT2D eigenvalue weighted by Gasteiger charge is 2.18. The minimum atomic E-state index is -3.66. The second-order valence-electron chi connectivity index (χ2n) is 4.68. The van der Waals surface area contributed by atoms with Gasteiger partial charge >= 0.3 is 0 Å². The van der Waals surface area contributed by atoms with E-state index in [1.54, 1.807) is 18.2 Å². The van der Waals surface area contributed by atoms with Gasteiger partial charge in [0.1, 0.15) is 17.4 Å². The van der Waals surface area contributed by atoms with Crippen LogP contribution >= 0.6 is 0 Å². The van der Waals surface area contributed by atoms with Crippen LogP contribution in [0.2, 0.25) is 0 Å². The summed E-state index contributed by atoms with van der Waals surface area (Å²) in [6.45, 7) is 0. The number of halogens is 1. The van der Waals surface area contributed by atoms with Crippen LogP contribution in [-0.2, 0) is 15.6 Å². The maximum Gasteiger partial charge on any atom is 0.185 e. The zero-order valence-electron chi connectivity index (χ0n) is 10.9. The molecule has 0 amide bonds. The number of anilines is 1. The van der Waals surface area contributed by atoms with E-state index in [1.165, 1.54) is 18.2 Å². The molecule has 3 rings (SSSR count). The van der Waals surface area contributed by atoms with Crippen molar-refractivity contribution < 1.29 is 12.8 Å². The van der Waals surface area contributed by atoms with Gasteiger partial charge in [-0.2, -0.15) is 0 Å². The molecule has 0 aliphatic carbocycles. The summed E-state index contributed by atoms with van der Waals surface area (Å²) in [5.74, 6) is -0.626. The van der Waals surface area contributed by atoms with Crippen LogP contribution in [0.3, 0.4) is 0 Å². The van der Waals surface area contributed by atoms with E-state index in [9.17, 15) is 12.8 Å². The SMILES string of the molecule is Nc1ccc2nc(CS(=O)(=O)c3cccc(F)c3)[nH]c2c1. The quantitative estimate of drug-likeness (QED) is 0.726. The number of sulfone groups is 1. The lowest BCUT2D eigenvalue weighted by Gasteiger charge is -2.02. The molecule has 1 heterocycles. The molecule has 1 aromatic heterocycles. The van der Waals surface area contributed by atoms with Crippen molar-refractivity contribution in [2.45, 2.75) is 10.6 Å². The summed E-state index contributed by atoms with van der Waals surface area (Å²) in [4.78, 5) is 7.05. The smallest absolute Gasteiger partial charge is 0.185 e. The standard InChI is InChI=1S/C14H12FN3O2S/c15-9-2-1-3-11(6-9)21(19,20)8-14-17-12-5-4-10(16)7-13(12)18-14/h1-7H,8,16H2,(H,17,18). The van der Waals surface area contributed by atoms with Crippen LogP contribution in [0.1, 0.15) is 5.82 Å². The molecule has 108 valence electrons. The van der Waals surface area contributed by atoms with Gasteiger partial charge in [0.2, 0.25) is 0 Å². The fraction of sp³-hybridized carbons (Fsp3) is 0.0714. The number of nitrogens with one attached hydrogen (secondary N) is 1. The van der Waals surface area contributed by atoms with Crippen molar-refractivity contribution in [2.24, 2.45) is 0 Å². The molecule has 21 heavy (non-hydrogen) atoms. The van der Waals surface area contributed by atoms with Gasteiger partial charge < -0.3 is 10.7 Å². The summed E-state index contributed by atoms with van der Waals surface area (Å²) in [6, 6.07) is 9.99. The Labute approximate surface area is 120 Å². The number of nitrogen functional groups attached to an aromatic ring is 1. The van der Waals surface area contributed by atoms with E-state index in [0.717, 1.165) is 6.07 Å². The number of rotatable bonds is 3. The predicted octanol–water partition coefficient (Wildman–Crippen LogP) is 2.26. The molecule has 0 spiro atoms. The maximum absolute atomic E-state index is 13.1. The molecular weight excluding hydrogens is 293 g/mol. The van der Waals surface area contributed by atoms with Crippen molar-refractivity contribution in [3.8, 4) is 0 Å². The number of hydrogen-bond acceptors (Lipinski definition) is 4. The van der Waals surface area contributed by atoms with Gasteiger partial charge in [-0.1, -0.05) is 6.07 Å². The highest BCUT2D eigenvalue weighted by molar-refractivity contribution is 7.90. The summed E-state index contributed by atoms with van der Waals surface area (Å²) in [6.07, 6.45) is 0. The largest absolute Gasteiger partial charge is 0.399 e. The molecule has 0 aliphatic heterocycles. The fourth-order valence-corrected chi connectivity index (χ4v) is 3.31. The zero-order valence-corrected chi connectivity index (χ0v) is 11.7. The number of nitrogens with two attached hydrogens (primary N) is 1. The Kier molecular flexibility index (Phi) is 3.13. The van der Waals surface area contributed by atoms with Gasteiger partial charge in [0.05, 0.1) is 15.9 Å². The molecular formula is C14H12FN3O2S. The van der Waals surface area contributed by atoms with Gasteiger partial charge in [0.25, 0.3) is 0 Å². The topological polar surface area (TPSA) is 88.8 Å². The third-order valence-corrected chi connectivity index (χ3v) is 4.66. The van der Waals surface area contributed by atoms with Crippen LogP contribution in [0.25, 0.3) is 11.0 Å². The molecule has 0 radical (unpaired) electrons. The lowest BCUT2D eigenvalue weighted by Crippen LogP contribution is -2.06. The van der Waals surface area contributed by atoms with E-state index < -0.39 is 15.7 Å². The molecule has 0 unspecified atom stereocenters. The van der Waals surface area contributed by atoms with Gasteiger partial charge in [0, 0.05) is 5.69 Å². The number of aromatic nitrogens is 2. The van der Waals surface area contributed by atoms with Crippen LogP contribution < -0.4 is 5.73 Å². The Morgan fingerprint density at radius 2 is 2.00 bits per heavy atom. The average Bonchev–Trinajstić information content (AvgIpc) is 2.79. The van der Waals surface area contributed by atoms with Gasteiger partial charge in [-0.3, -0.25) is 0 Å². The van der Waals surface area contributed by atoms with Crippen LogP contribution in [0.15, 0.2) is 47.4 Å². The first-order valence-electron chi connectivity index (χ1n) is 6.16. The average molecular weight is 305 g/mol. The van der Waals surface area contributed by atoms with E-state index in [4.69, 9.17) is 5.73 Å². The van der Waals surface area contributed by atoms with Gasteiger partial charge in [-0.05, 0) is 36.4 Å². The molecule has 0 fully saturated rings. The van der Waals surface area contributed by atoms with Crippen LogP contribution in [-0.4, -0.2) is 18.4 Å². The van der Waals surface area contributed by atoms with Crippen molar-refractivity contribution in [3.05, 3.63) is 54.1 Å². The van der Waals surface area contributed by atoms with E-state index in [2.05, 4.69) is 9.97 Å². The summed E-state index contributed by atoms with van der Waals surface area (Å²) in [7, 11) is -3.66. The Hall–Kier alpha value is -2.41. The summed E-state index contributed by atoms with van der Waals surface area (Å²) in [5.41, 5.74) is 7.52. The number of aromatic amines is 1. The van der Waals surface area contributed by atoms with E-state index in [-0.39, 0.29) is 10.6 Å². The molecule has 0 bridgehead atoms. The first-order valence-corrected chi connectivity index (χ1v) is 7.82. The Bertz CT molecular complexity index is 919. The number of H-pyrrole nitrogens is 1. The molecule has 0 saturated carbocycles. The molecule has 5 nitrogen and oxygen atoms in total. The van der Waals surface area contributed by atoms with Crippen LogP contribution in [0.4, 0.5) is 10.1 Å². The molecule has 0 atom stereocenters. The number of hydrogen-bond donors (Lipinski definition) is 2. The number of fused-ring (bicyclic) bond motifs is 1. The number of imidazole rings is 1. The second-order valence-corrected chi connectivity index (χ2v) is 6.67. The minimum absolute atomic E-state index is 0.0672.